The van der Waals surface area contributed by atoms with Gasteiger partial charge in [0.2, 0.25) is 0 Å². The topological polar surface area (TPSA) is 38.7 Å². The summed E-state index contributed by atoms with van der Waals surface area (Å²) >= 11 is 0. The second-order valence-electron chi connectivity index (χ2n) is 3.99. The van der Waals surface area contributed by atoms with Gasteiger partial charge in [-0.2, -0.15) is 0 Å². The number of hydrogen-bond donors (Lipinski definition) is 0. The van der Waals surface area contributed by atoms with E-state index in [0.717, 1.165) is 29.7 Å². The van der Waals surface area contributed by atoms with E-state index in [2.05, 4.69) is 22.6 Å². The van der Waals surface area contributed by atoms with Gasteiger partial charge in [-0.3, -0.25) is 0 Å². The van der Waals surface area contributed by atoms with E-state index in [9.17, 15) is 4.79 Å². The summed E-state index contributed by atoms with van der Waals surface area (Å²) in [4.78, 5) is 15.3. The first-order valence-electron chi connectivity index (χ1n) is 5.07. The number of rotatable bonds is 2. The first-order chi connectivity index (χ1) is 7.00. The van der Waals surface area contributed by atoms with Crippen LogP contribution >= 0.6 is 0 Å². The van der Waals surface area contributed by atoms with Crippen LogP contribution in [0.5, 0.6) is 0 Å². The third kappa shape index (κ3) is 3.35. The largest absolute Gasteiger partial charge is 0.331 e. The molecule has 0 spiro atoms. The minimum Gasteiger partial charge on any atom is -0.318 e. The maximum atomic E-state index is 10.6. The molecule has 15 heavy (non-hydrogen) atoms. The molecule has 0 saturated carbocycles. The standard InChI is InChI=1S/C12H17NO2/c1-8(2)11-6-5-9(3)12(7-11)13-15-10(4)14/h5,11H,1,6-7H2,2-4H3. The fourth-order valence-electron chi connectivity index (χ4n) is 1.52. The number of hydrogen-bond acceptors (Lipinski definition) is 3. The molecule has 3 nitrogen and oxygen atoms in total. The van der Waals surface area contributed by atoms with Crippen molar-refractivity contribution < 1.29 is 9.63 Å². The molecular formula is C12H17NO2. The van der Waals surface area contributed by atoms with E-state index in [0.29, 0.717) is 5.92 Å². The molecule has 0 N–H and O–H groups in total. The summed E-state index contributed by atoms with van der Waals surface area (Å²) in [6.45, 7) is 9.29. The van der Waals surface area contributed by atoms with Gasteiger partial charge in [-0.15, -0.1) is 0 Å². The van der Waals surface area contributed by atoms with Gasteiger partial charge >= 0.3 is 5.97 Å². The van der Waals surface area contributed by atoms with Crippen LogP contribution in [0.4, 0.5) is 0 Å². The van der Waals surface area contributed by atoms with Gasteiger partial charge in [0.15, 0.2) is 0 Å². The molecule has 1 atom stereocenters. The van der Waals surface area contributed by atoms with Crippen LogP contribution in [0.2, 0.25) is 0 Å². The summed E-state index contributed by atoms with van der Waals surface area (Å²) in [5.74, 6) is 0.0377. The average Bonchev–Trinajstić information content (AvgIpc) is 2.16. The molecule has 1 aliphatic rings. The van der Waals surface area contributed by atoms with Gasteiger partial charge in [0.25, 0.3) is 0 Å². The lowest BCUT2D eigenvalue weighted by atomic mass is 9.85. The Kier molecular flexibility index (Phi) is 3.83. The minimum absolute atomic E-state index is 0.382. The first kappa shape index (κ1) is 11.7. The van der Waals surface area contributed by atoms with Crippen molar-refractivity contribution in [3.63, 3.8) is 0 Å². The van der Waals surface area contributed by atoms with E-state index < -0.39 is 0 Å². The van der Waals surface area contributed by atoms with E-state index in [1.165, 1.54) is 6.92 Å². The number of nitrogens with zero attached hydrogens (tertiary/aromatic N) is 1. The number of carbonyl (C=O) groups is 1. The highest BCUT2D eigenvalue weighted by Crippen LogP contribution is 2.26. The Bertz CT molecular complexity index is 340. The van der Waals surface area contributed by atoms with E-state index in [1.54, 1.807) is 0 Å². The summed E-state index contributed by atoms with van der Waals surface area (Å²) in [5, 5.41) is 3.85. The van der Waals surface area contributed by atoms with Crippen molar-refractivity contribution in [2.75, 3.05) is 0 Å². The van der Waals surface area contributed by atoms with Crippen LogP contribution in [0.3, 0.4) is 0 Å². The Morgan fingerprint density at radius 2 is 2.27 bits per heavy atom. The summed E-state index contributed by atoms with van der Waals surface area (Å²) in [6.07, 6.45) is 3.93. The molecule has 1 unspecified atom stereocenters. The van der Waals surface area contributed by atoms with Gasteiger partial charge in [-0.1, -0.05) is 23.4 Å². The highest BCUT2D eigenvalue weighted by Gasteiger charge is 2.19. The van der Waals surface area contributed by atoms with Gasteiger partial charge < -0.3 is 4.84 Å². The molecule has 0 amide bonds. The molecule has 1 rings (SSSR count). The lowest BCUT2D eigenvalue weighted by molar-refractivity contribution is -0.140. The smallest absolute Gasteiger partial charge is 0.318 e. The molecular weight excluding hydrogens is 190 g/mol. The van der Waals surface area contributed by atoms with E-state index in [1.807, 2.05) is 13.8 Å². The Morgan fingerprint density at radius 3 is 2.80 bits per heavy atom. The number of oxime groups is 1. The zero-order valence-corrected chi connectivity index (χ0v) is 9.54. The van der Waals surface area contributed by atoms with Crippen molar-refractivity contribution in [1.82, 2.24) is 0 Å². The lowest BCUT2D eigenvalue weighted by Crippen LogP contribution is -2.16. The van der Waals surface area contributed by atoms with Crippen LogP contribution in [0.25, 0.3) is 0 Å². The SMILES string of the molecule is C=C(C)C1CC=C(C)C(=NOC(C)=O)C1. The van der Waals surface area contributed by atoms with Crippen molar-refractivity contribution in [2.24, 2.45) is 11.1 Å². The van der Waals surface area contributed by atoms with Crippen molar-refractivity contribution in [2.45, 2.75) is 33.6 Å². The maximum Gasteiger partial charge on any atom is 0.331 e. The molecule has 0 aromatic heterocycles. The zero-order valence-electron chi connectivity index (χ0n) is 9.54. The van der Waals surface area contributed by atoms with Crippen molar-refractivity contribution in [3.05, 3.63) is 23.8 Å². The van der Waals surface area contributed by atoms with E-state index in [4.69, 9.17) is 0 Å². The quantitative estimate of drug-likeness (QED) is 0.397. The maximum absolute atomic E-state index is 10.6. The summed E-state index contributed by atoms with van der Waals surface area (Å²) in [6, 6.07) is 0. The Hall–Kier alpha value is -1.38. The molecule has 3 heteroatoms. The summed E-state index contributed by atoms with van der Waals surface area (Å²) in [7, 11) is 0. The van der Waals surface area contributed by atoms with Crippen molar-refractivity contribution in [3.8, 4) is 0 Å². The van der Waals surface area contributed by atoms with Crippen LogP contribution in [0.15, 0.2) is 29.0 Å². The normalized spacial score (nSPS) is 23.5. The lowest BCUT2D eigenvalue weighted by Gasteiger charge is -2.21. The second kappa shape index (κ2) is 4.91. The molecule has 0 aliphatic heterocycles. The van der Waals surface area contributed by atoms with E-state index in [-0.39, 0.29) is 5.97 Å². The van der Waals surface area contributed by atoms with Crippen LogP contribution in [-0.2, 0) is 9.63 Å². The molecule has 0 heterocycles. The molecule has 0 bridgehead atoms. The average molecular weight is 207 g/mol. The molecule has 0 saturated heterocycles. The molecule has 1 aliphatic carbocycles. The zero-order chi connectivity index (χ0) is 11.4. The molecule has 0 fully saturated rings. The molecule has 82 valence electrons. The molecule has 0 aromatic rings. The van der Waals surface area contributed by atoms with Crippen LogP contribution in [0.1, 0.15) is 33.6 Å². The van der Waals surface area contributed by atoms with E-state index >= 15 is 0 Å². The van der Waals surface area contributed by atoms with Gasteiger partial charge in [0.1, 0.15) is 0 Å². The second-order valence-corrected chi connectivity index (χ2v) is 3.99. The monoisotopic (exact) mass is 207 g/mol. The minimum atomic E-state index is -0.382. The van der Waals surface area contributed by atoms with Gasteiger partial charge in [0, 0.05) is 13.3 Å². The van der Waals surface area contributed by atoms with Crippen LogP contribution in [-0.4, -0.2) is 11.7 Å². The predicted molar refractivity (Wildman–Crippen MR) is 60.5 cm³/mol. The fraction of sp³-hybridized carbons (Fsp3) is 0.500. The molecule has 0 radical (unpaired) electrons. The van der Waals surface area contributed by atoms with Crippen LogP contribution < -0.4 is 0 Å². The van der Waals surface area contributed by atoms with Gasteiger partial charge in [-0.05, 0) is 31.8 Å². The third-order valence-corrected chi connectivity index (χ3v) is 2.58. The van der Waals surface area contributed by atoms with Gasteiger partial charge in [-0.25, -0.2) is 4.79 Å². The highest BCUT2D eigenvalue weighted by atomic mass is 16.7. The highest BCUT2D eigenvalue weighted by molar-refractivity contribution is 6.00. The number of allylic oxidation sites excluding steroid dienone is 3. The summed E-state index contributed by atoms with van der Waals surface area (Å²) < 4.78 is 0. The summed E-state index contributed by atoms with van der Waals surface area (Å²) in [5.41, 5.74) is 3.09. The Morgan fingerprint density at radius 1 is 1.60 bits per heavy atom. The van der Waals surface area contributed by atoms with Crippen molar-refractivity contribution >= 4 is 11.7 Å². The fourth-order valence-corrected chi connectivity index (χ4v) is 1.52. The van der Waals surface area contributed by atoms with Gasteiger partial charge in [0.05, 0.1) is 5.71 Å². The van der Waals surface area contributed by atoms with Crippen LogP contribution in [0, 0.1) is 5.92 Å². The Labute approximate surface area is 90.5 Å². The Balaban J connectivity index is 2.75. The predicted octanol–water partition coefficient (Wildman–Crippen LogP) is 2.84. The first-order valence-corrected chi connectivity index (χ1v) is 5.07. The van der Waals surface area contributed by atoms with Crippen molar-refractivity contribution in [1.29, 1.82) is 0 Å². The number of carbonyl (C=O) groups excluding carboxylic acids is 1. The third-order valence-electron chi connectivity index (χ3n) is 2.58. The molecule has 0 aromatic carbocycles.